The molecule has 0 saturated heterocycles. The second-order valence-corrected chi connectivity index (χ2v) is 7.26. The van der Waals surface area contributed by atoms with E-state index in [4.69, 9.17) is 12.2 Å². The Balaban J connectivity index is 1.77. The van der Waals surface area contributed by atoms with Crippen LogP contribution in [0.2, 0.25) is 0 Å². The summed E-state index contributed by atoms with van der Waals surface area (Å²) < 4.78 is 0. The predicted molar refractivity (Wildman–Crippen MR) is 109 cm³/mol. The monoisotopic (exact) mass is 382 g/mol. The summed E-state index contributed by atoms with van der Waals surface area (Å²) >= 11 is 5.33. The zero-order chi connectivity index (χ0) is 19.4. The van der Waals surface area contributed by atoms with Crippen LogP contribution in [0.1, 0.15) is 47.2 Å². The lowest BCUT2D eigenvalue weighted by Gasteiger charge is -2.28. The van der Waals surface area contributed by atoms with Crippen molar-refractivity contribution in [3.05, 3.63) is 65.2 Å². The van der Waals surface area contributed by atoms with Gasteiger partial charge >= 0.3 is 5.97 Å². The van der Waals surface area contributed by atoms with E-state index in [1.54, 1.807) is 19.1 Å². The van der Waals surface area contributed by atoms with Gasteiger partial charge in [-0.15, -0.1) is 0 Å². The molecule has 0 aromatic heterocycles. The Morgan fingerprint density at radius 1 is 1.04 bits per heavy atom. The second-order valence-electron chi connectivity index (χ2n) is 6.85. The molecule has 1 saturated carbocycles. The molecule has 2 aromatic carbocycles. The third-order valence-corrected chi connectivity index (χ3v) is 5.46. The average Bonchev–Trinajstić information content (AvgIpc) is 3.15. The van der Waals surface area contributed by atoms with E-state index in [1.165, 1.54) is 6.07 Å². The first-order valence-corrected chi connectivity index (χ1v) is 9.36. The average molecular weight is 382 g/mol. The van der Waals surface area contributed by atoms with E-state index in [2.05, 4.69) is 10.6 Å². The minimum atomic E-state index is -1.000. The fraction of sp³-hybridized carbons (Fsp3) is 0.286. The molecule has 0 atom stereocenters. The van der Waals surface area contributed by atoms with Crippen molar-refractivity contribution in [2.24, 2.45) is 0 Å². The minimum Gasteiger partial charge on any atom is -0.478 e. The van der Waals surface area contributed by atoms with Gasteiger partial charge in [-0.2, -0.15) is 0 Å². The summed E-state index contributed by atoms with van der Waals surface area (Å²) in [5.41, 5.74) is 1.78. The largest absolute Gasteiger partial charge is 0.478 e. The van der Waals surface area contributed by atoms with Gasteiger partial charge in [0.2, 0.25) is 5.91 Å². The van der Waals surface area contributed by atoms with Gasteiger partial charge in [-0.1, -0.05) is 49.2 Å². The Labute approximate surface area is 163 Å². The van der Waals surface area contributed by atoms with Gasteiger partial charge in [0, 0.05) is 5.69 Å². The van der Waals surface area contributed by atoms with E-state index in [0.717, 1.165) is 31.2 Å². The van der Waals surface area contributed by atoms with Crippen LogP contribution in [0.25, 0.3) is 0 Å². The molecule has 0 spiro atoms. The predicted octanol–water partition coefficient (Wildman–Crippen LogP) is 4.02. The van der Waals surface area contributed by atoms with Crippen LogP contribution in [0.15, 0.2) is 48.5 Å². The normalized spacial score (nSPS) is 15.1. The smallest absolute Gasteiger partial charge is 0.336 e. The highest BCUT2D eigenvalue weighted by molar-refractivity contribution is 7.80. The Kier molecular flexibility index (Phi) is 5.56. The van der Waals surface area contributed by atoms with Crippen molar-refractivity contribution in [3.63, 3.8) is 0 Å². The highest BCUT2D eigenvalue weighted by atomic mass is 32.1. The van der Waals surface area contributed by atoms with Gasteiger partial charge < -0.3 is 15.7 Å². The topological polar surface area (TPSA) is 78.4 Å². The fourth-order valence-corrected chi connectivity index (χ4v) is 3.96. The number of anilines is 1. The summed E-state index contributed by atoms with van der Waals surface area (Å²) in [5, 5.41) is 15.2. The van der Waals surface area contributed by atoms with Gasteiger partial charge in [-0.25, -0.2) is 4.79 Å². The lowest BCUT2D eigenvalue weighted by molar-refractivity contribution is -0.125. The van der Waals surface area contributed by atoms with Crippen LogP contribution >= 0.6 is 12.2 Å². The van der Waals surface area contributed by atoms with Crippen molar-refractivity contribution in [2.75, 3.05) is 5.32 Å². The first kappa shape index (κ1) is 19.0. The van der Waals surface area contributed by atoms with E-state index in [-0.39, 0.29) is 16.6 Å². The van der Waals surface area contributed by atoms with E-state index in [9.17, 15) is 14.7 Å². The van der Waals surface area contributed by atoms with Gasteiger partial charge in [0.1, 0.15) is 0 Å². The highest BCUT2D eigenvalue weighted by Crippen LogP contribution is 2.41. The summed E-state index contributed by atoms with van der Waals surface area (Å²) in [6.07, 6.45) is 3.59. The van der Waals surface area contributed by atoms with E-state index < -0.39 is 11.4 Å². The number of rotatable bonds is 4. The number of carboxylic acids is 1. The first-order valence-electron chi connectivity index (χ1n) is 8.95. The van der Waals surface area contributed by atoms with Crippen molar-refractivity contribution >= 4 is 34.9 Å². The summed E-state index contributed by atoms with van der Waals surface area (Å²) in [6.45, 7) is 1.71. The number of thiocarbonyl (C=S) groups is 1. The first-order chi connectivity index (χ1) is 12.9. The Bertz CT molecular complexity index is 874. The van der Waals surface area contributed by atoms with Crippen LogP contribution in [0.5, 0.6) is 0 Å². The third kappa shape index (κ3) is 3.85. The molecule has 1 fully saturated rings. The number of benzene rings is 2. The van der Waals surface area contributed by atoms with Crippen molar-refractivity contribution in [1.82, 2.24) is 5.32 Å². The lowest BCUT2D eigenvalue weighted by atomic mass is 9.78. The minimum absolute atomic E-state index is 0.115. The second kappa shape index (κ2) is 7.88. The van der Waals surface area contributed by atoms with Gasteiger partial charge in [0.25, 0.3) is 0 Å². The third-order valence-electron chi connectivity index (χ3n) is 5.26. The van der Waals surface area contributed by atoms with Crippen LogP contribution in [-0.4, -0.2) is 22.1 Å². The maximum Gasteiger partial charge on any atom is 0.336 e. The molecule has 0 bridgehead atoms. The summed E-state index contributed by atoms with van der Waals surface area (Å²) in [6, 6.07) is 14.7. The van der Waals surface area contributed by atoms with Gasteiger partial charge in [0.15, 0.2) is 5.11 Å². The number of carbonyl (C=O) groups excluding carboxylic acids is 1. The standard InChI is InChI=1S/C21H22N2O3S/c1-14-16(18(24)25)10-7-11-17(14)22-20(27)23-19(26)21(12-5-6-13-21)15-8-3-2-4-9-15/h2-4,7-11H,5-6,12-13H2,1H3,(H,24,25)(H2,22,23,26,27). The molecule has 1 aliphatic carbocycles. The van der Waals surface area contributed by atoms with Crippen LogP contribution in [0.4, 0.5) is 5.69 Å². The van der Waals surface area contributed by atoms with Crippen molar-refractivity contribution < 1.29 is 14.7 Å². The molecule has 0 aliphatic heterocycles. The number of hydrogen-bond donors (Lipinski definition) is 3. The summed E-state index contributed by atoms with van der Waals surface area (Å²) in [4.78, 5) is 24.4. The zero-order valence-corrected chi connectivity index (χ0v) is 15.9. The molecule has 140 valence electrons. The van der Waals surface area contributed by atoms with Crippen molar-refractivity contribution in [3.8, 4) is 0 Å². The van der Waals surface area contributed by atoms with E-state index in [0.29, 0.717) is 11.3 Å². The number of carbonyl (C=O) groups is 2. The van der Waals surface area contributed by atoms with Crippen LogP contribution < -0.4 is 10.6 Å². The number of amides is 1. The molecule has 3 N–H and O–H groups in total. The fourth-order valence-electron chi connectivity index (χ4n) is 3.76. The molecule has 0 radical (unpaired) electrons. The lowest BCUT2D eigenvalue weighted by Crippen LogP contribution is -2.46. The SMILES string of the molecule is Cc1c(NC(=S)NC(=O)C2(c3ccccc3)CCCC2)cccc1C(=O)O. The van der Waals surface area contributed by atoms with Gasteiger partial charge in [0.05, 0.1) is 11.0 Å². The number of hydrogen-bond acceptors (Lipinski definition) is 3. The summed E-state index contributed by atoms with van der Waals surface area (Å²) in [5.74, 6) is -1.11. The number of carboxylic acid groups (broad SMARTS) is 1. The van der Waals surface area contributed by atoms with Crippen molar-refractivity contribution in [2.45, 2.75) is 38.0 Å². The molecule has 0 unspecified atom stereocenters. The van der Waals surface area contributed by atoms with Gasteiger partial charge in [-0.05, 0) is 55.2 Å². The van der Waals surface area contributed by atoms with Crippen LogP contribution in [0, 0.1) is 6.92 Å². The molecule has 27 heavy (non-hydrogen) atoms. The summed E-state index contributed by atoms with van der Waals surface area (Å²) in [7, 11) is 0. The Morgan fingerprint density at radius 3 is 2.33 bits per heavy atom. The number of aromatic carboxylic acids is 1. The molecule has 3 rings (SSSR count). The molecule has 0 heterocycles. The molecule has 2 aromatic rings. The quantitative estimate of drug-likeness (QED) is 0.696. The Morgan fingerprint density at radius 2 is 1.70 bits per heavy atom. The number of nitrogens with one attached hydrogen (secondary N) is 2. The van der Waals surface area contributed by atoms with Crippen LogP contribution in [-0.2, 0) is 10.2 Å². The maximum atomic E-state index is 13.1. The molecular weight excluding hydrogens is 360 g/mol. The molecule has 5 nitrogen and oxygen atoms in total. The molecule has 1 aliphatic rings. The van der Waals surface area contributed by atoms with Gasteiger partial charge in [-0.3, -0.25) is 4.79 Å². The van der Waals surface area contributed by atoms with Crippen LogP contribution in [0.3, 0.4) is 0 Å². The molecular formula is C21H22N2O3S. The molecule has 1 amide bonds. The Hall–Kier alpha value is -2.73. The maximum absolute atomic E-state index is 13.1. The van der Waals surface area contributed by atoms with Crippen molar-refractivity contribution in [1.29, 1.82) is 0 Å². The zero-order valence-electron chi connectivity index (χ0n) is 15.1. The van der Waals surface area contributed by atoms with E-state index >= 15 is 0 Å². The molecule has 6 heteroatoms. The highest BCUT2D eigenvalue weighted by Gasteiger charge is 2.42. The van der Waals surface area contributed by atoms with E-state index in [1.807, 2.05) is 30.3 Å².